The predicted molar refractivity (Wildman–Crippen MR) is 135 cm³/mol. The van der Waals surface area contributed by atoms with Gasteiger partial charge in [0.25, 0.3) is 0 Å². The monoisotopic (exact) mass is 471 g/mol. The van der Waals surface area contributed by atoms with Gasteiger partial charge < -0.3 is 19.1 Å². The van der Waals surface area contributed by atoms with Gasteiger partial charge in [-0.2, -0.15) is 0 Å². The highest BCUT2D eigenvalue weighted by Gasteiger charge is 2.27. The summed E-state index contributed by atoms with van der Waals surface area (Å²) in [6, 6.07) is 9.84. The maximum Gasteiger partial charge on any atom is 0.352 e. The lowest BCUT2D eigenvalue weighted by Gasteiger charge is -2.22. The summed E-state index contributed by atoms with van der Waals surface area (Å²) in [5.74, 6) is -0.730. The van der Waals surface area contributed by atoms with E-state index in [2.05, 4.69) is 19.1 Å². The van der Waals surface area contributed by atoms with Crippen molar-refractivity contribution in [2.75, 3.05) is 6.61 Å². The summed E-state index contributed by atoms with van der Waals surface area (Å²) < 4.78 is 13.0. The third kappa shape index (κ3) is 8.88. The van der Waals surface area contributed by atoms with Crippen molar-refractivity contribution in [3.05, 3.63) is 53.3 Å². The molecule has 0 aliphatic carbocycles. The van der Waals surface area contributed by atoms with Crippen LogP contribution < -0.4 is 4.74 Å². The van der Waals surface area contributed by atoms with Crippen LogP contribution in [-0.4, -0.2) is 34.3 Å². The van der Waals surface area contributed by atoms with Crippen LogP contribution in [0.1, 0.15) is 94.8 Å². The molecule has 1 unspecified atom stereocenters. The number of unbranched alkanes of at least 4 members (excludes halogenated alkanes) is 5. The van der Waals surface area contributed by atoms with Gasteiger partial charge in [0.1, 0.15) is 18.1 Å². The summed E-state index contributed by atoms with van der Waals surface area (Å²) in [7, 11) is 0. The van der Waals surface area contributed by atoms with Gasteiger partial charge in [-0.25, -0.2) is 4.79 Å². The summed E-state index contributed by atoms with van der Waals surface area (Å²) in [5, 5.41) is 9.78. The van der Waals surface area contributed by atoms with E-state index in [0.29, 0.717) is 5.75 Å². The van der Waals surface area contributed by atoms with Crippen molar-refractivity contribution >= 4 is 11.9 Å². The van der Waals surface area contributed by atoms with Gasteiger partial charge in [0.15, 0.2) is 6.10 Å². The Kier molecular flexibility index (Phi) is 10.7. The molecule has 0 aliphatic rings. The molecule has 0 saturated carbocycles. The topological polar surface area (TPSA) is 77.8 Å². The van der Waals surface area contributed by atoms with Crippen LogP contribution in [0.2, 0.25) is 0 Å². The quantitative estimate of drug-likeness (QED) is 0.255. The molecule has 6 heteroatoms. The predicted octanol–water partition coefficient (Wildman–Crippen LogP) is 6.40. The second-order valence-electron chi connectivity index (χ2n) is 9.99. The second kappa shape index (κ2) is 13.2. The number of esters is 1. The maximum atomic E-state index is 11.9. The average Bonchev–Trinajstić information content (AvgIpc) is 3.19. The Morgan fingerprint density at radius 1 is 1.00 bits per heavy atom. The van der Waals surface area contributed by atoms with Gasteiger partial charge >= 0.3 is 11.9 Å². The van der Waals surface area contributed by atoms with Crippen molar-refractivity contribution in [1.29, 1.82) is 0 Å². The van der Waals surface area contributed by atoms with E-state index < -0.39 is 18.0 Å². The third-order valence-electron chi connectivity index (χ3n) is 5.89. The Morgan fingerprint density at radius 2 is 1.65 bits per heavy atom. The molecule has 0 fully saturated rings. The lowest BCUT2D eigenvalue weighted by molar-refractivity contribution is -0.148. The molecule has 0 amide bonds. The number of carbonyl (C=O) groups is 2. The summed E-state index contributed by atoms with van der Waals surface area (Å²) >= 11 is 0. The summed E-state index contributed by atoms with van der Waals surface area (Å²) in [6.45, 7) is 9.84. The van der Waals surface area contributed by atoms with Crippen molar-refractivity contribution in [2.24, 2.45) is 0 Å². The number of aryl methyl sites for hydroxylation is 1. The minimum Gasteiger partial charge on any atom is -0.490 e. The molecule has 188 valence electrons. The van der Waals surface area contributed by atoms with Gasteiger partial charge in [0, 0.05) is 13.1 Å². The Hall–Kier alpha value is -2.76. The van der Waals surface area contributed by atoms with E-state index in [1.165, 1.54) is 51.0 Å². The van der Waals surface area contributed by atoms with E-state index in [-0.39, 0.29) is 24.3 Å². The van der Waals surface area contributed by atoms with Gasteiger partial charge in [0.2, 0.25) is 0 Å². The number of carboxylic acid groups (broad SMARTS) is 1. The maximum absolute atomic E-state index is 11.9. The van der Waals surface area contributed by atoms with Crippen LogP contribution in [0.5, 0.6) is 5.75 Å². The molecule has 34 heavy (non-hydrogen) atoms. The first-order chi connectivity index (χ1) is 16.1. The van der Waals surface area contributed by atoms with Gasteiger partial charge in [-0.05, 0) is 47.6 Å². The smallest absolute Gasteiger partial charge is 0.352 e. The summed E-state index contributed by atoms with van der Waals surface area (Å²) in [5.41, 5.74) is 1.92. The normalized spacial score (nSPS) is 12.4. The lowest BCUT2D eigenvalue weighted by Crippen LogP contribution is -2.30. The third-order valence-corrected chi connectivity index (χ3v) is 5.89. The van der Waals surface area contributed by atoms with E-state index in [0.717, 1.165) is 12.0 Å². The van der Waals surface area contributed by atoms with Gasteiger partial charge in [-0.1, -0.05) is 71.9 Å². The van der Waals surface area contributed by atoms with Crippen LogP contribution >= 0.6 is 0 Å². The summed E-state index contributed by atoms with van der Waals surface area (Å²) in [4.78, 5) is 23.6. The SMILES string of the molecule is CCCCCCCCc1ccc(OCC(Cn2ccc(C(C)(C)C)c2C(=O)O)OC(C)=O)cc1. The van der Waals surface area contributed by atoms with E-state index in [1.807, 2.05) is 39.0 Å². The number of benzene rings is 1. The number of ether oxygens (including phenoxy) is 2. The fraction of sp³-hybridized carbons (Fsp3) is 0.571. The first kappa shape index (κ1) is 27.5. The molecule has 2 aromatic rings. The van der Waals surface area contributed by atoms with E-state index in [9.17, 15) is 14.7 Å². The Labute approximate surface area is 204 Å². The molecule has 6 nitrogen and oxygen atoms in total. The van der Waals surface area contributed by atoms with E-state index in [4.69, 9.17) is 9.47 Å². The van der Waals surface area contributed by atoms with Crippen LogP contribution in [0.3, 0.4) is 0 Å². The Bertz CT molecular complexity index is 908. The van der Waals surface area contributed by atoms with E-state index in [1.54, 1.807) is 10.8 Å². The van der Waals surface area contributed by atoms with Crippen LogP contribution in [0.15, 0.2) is 36.5 Å². The number of hydrogen-bond acceptors (Lipinski definition) is 4. The second-order valence-corrected chi connectivity index (χ2v) is 9.99. The highest BCUT2D eigenvalue weighted by Crippen LogP contribution is 2.27. The molecular formula is C28H41NO5. The largest absolute Gasteiger partial charge is 0.490 e. The number of aromatic nitrogens is 1. The molecule has 0 spiro atoms. The van der Waals surface area contributed by atoms with Crippen molar-refractivity contribution in [3.8, 4) is 5.75 Å². The number of carboxylic acids is 1. The molecule has 1 atom stereocenters. The van der Waals surface area contributed by atoms with Crippen LogP contribution in [0, 0.1) is 0 Å². The molecule has 2 rings (SSSR count). The number of rotatable bonds is 14. The molecule has 0 aliphatic heterocycles. The molecule has 1 aromatic heterocycles. The minimum atomic E-state index is -1.00. The Balaban J connectivity index is 1.97. The lowest BCUT2D eigenvalue weighted by atomic mass is 9.87. The molecule has 0 radical (unpaired) electrons. The molecule has 0 bridgehead atoms. The molecular weight excluding hydrogens is 430 g/mol. The first-order valence-electron chi connectivity index (χ1n) is 12.4. The molecule has 1 aromatic carbocycles. The first-order valence-corrected chi connectivity index (χ1v) is 12.4. The van der Waals surface area contributed by atoms with Gasteiger partial charge in [0.05, 0.1) is 6.54 Å². The number of aromatic carboxylic acids is 1. The number of nitrogens with zero attached hydrogens (tertiary/aromatic N) is 1. The average molecular weight is 472 g/mol. The van der Waals surface area contributed by atoms with Crippen LogP contribution in [0.25, 0.3) is 0 Å². The molecule has 0 saturated heterocycles. The van der Waals surface area contributed by atoms with Crippen LogP contribution in [0.4, 0.5) is 0 Å². The van der Waals surface area contributed by atoms with Crippen molar-refractivity contribution in [2.45, 2.75) is 97.6 Å². The zero-order chi connectivity index (χ0) is 25.1. The number of hydrogen-bond donors (Lipinski definition) is 1. The van der Waals surface area contributed by atoms with Crippen LogP contribution in [-0.2, 0) is 27.9 Å². The van der Waals surface area contributed by atoms with Gasteiger partial charge in [-0.15, -0.1) is 0 Å². The van der Waals surface area contributed by atoms with Crippen molar-refractivity contribution in [1.82, 2.24) is 4.57 Å². The van der Waals surface area contributed by atoms with Crippen molar-refractivity contribution < 1.29 is 24.2 Å². The van der Waals surface area contributed by atoms with Gasteiger partial charge in [-0.3, -0.25) is 4.79 Å². The Morgan fingerprint density at radius 3 is 2.24 bits per heavy atom. The zero-order valence-corrected chi connectivity index (χ0v) is 21.4. The fourth-order valence-electron chi connectivity index (χ4n) is 4.10. The van der Waals surface area contributed by atoms with Crippen molar-refractivity contribution in [3.63, 3.8) is 0 Å². The number of carbonyl (C=O) groups excluding carboxylic acids is 1. The molecule has 1 N–H and O–H groups in total. The highest BCUT2D eigenvalue weighted by atomic mass is 16.6. The fourth-order valence-corrected chi connectivity index (χ4v) is 4.10. The minimum absolute atomic E-state index is 0.137. The standard InChI is InChI=1S/C28H41NO5/c1-6-7-8-9-10-11-12-22-13-15-23(16-14-22)33-20-24(34-21(2)30)19-29-18-17-25(28(3,4)5)26(29)27(31)32/h13-18,24H,6-12,19-20H2,1-5H3,(H,31,32). The van der Waals surface area contributed by atoms with E-state index >= 15 is 0 Å². The molecule has 1 heterocycles. The highest BCUT2D eigenvalue weighted by molar-refractivity contribution is 5.88. The zero-order valence-electron chi connectivity index (χ0n) is 21.4. The summed E-state index contributed by atoms with van der Waals surface area (Å²) in [6.07, 6.45) is 9.84.